The molecule has 0 unspecified atom stereocenters. The zero-order valence-corrected chi connectivity index (χ0v) is 18.1. The minimum Gasteiger partial charge on any atom is -0.497 e. The Morgan fingerprint density at radius 2 is 1.74 bits per heavy atom. The van der Waals surface area contributed by atoms with Crippen LogP contribution in [0.4, 0.5) is 0 Å². The van der Waals surface area contributed by atoms with Crippen molar-refractivity contribution in [3.05, 3.63) is 83.2 Å². The van der Waals surface area contributed by atoms with Gasteiger partial charge in [-0.3, -0.25) is 4.79 Å². The van der Waals surface area contributed by atoms with Crippen LogP contribution in [0.1, 0.15) is 41.2 Å². The van der Waals surface area contributed by atoms with Crippen LogP contribution in [0.15, 0.2) is 60.7 Å². The van der Waals surface area contributed by atoms with Gasteiger partial charge >= 0.3 is 0 Å². The van der Waals surface area contributed by atoms with Crippen LogP contribution in [-0.4, -0.2) is 32.6 Å². The molecule has 2 aromatic heterocycles. The topological polar surface area (TPSA) is 76.7 Å². The first kappa shape index (κ1) is 20.8. The van der Waals surface area contributed by atoms with E-state index in [0.717, 1.165) is 28.3 Å². The van der Waals surface area contributed by atoms with Crippen LogP contribution in [0.2, 0.25) is 0 Å². The molecule has 0 amide bonds. The molecule has 6 nitrogen and oxygen atoms in total. The molecule has 1 N–H and O–H groups in total. The van der Waals surface area contributed by atoms with E-state index in [1.165, 1.54) is 0 Å². The highest BCUT2D eigenvalue weighted by molar-refractivity contribution is 5.97. The van der Waals surface area contributed by atoms with Crippen molar-refractivity contribution in [1.82, 2.24) is 14.6 Å². The highest BCUT2D eigenvalue weighted by atomic mass is 16.5. The van der Waals surface area contributed by atoms with Crippen LogP contribution < -0.4 is 4.74 Å². The van der Waals surface area contributed by atoms with Gasteiger partial charge in [-0.05, 0) is 56.7 Å². The van der Waals surface area contributed by atoms with E-state index >= 15 is 0 Å². The first-order valence-corrected chi connectivity index (χ1v) is 10.1. The minimum absolute atomic E-state index is 0.0314. The number of aromatic nitrogens is 3. The molecule has 0 saturated carbocycles. The molecule has 0 bridgehead atoms. The maximum atomic E-state index is 12.9. The quantitative estimate of drug-likeness (QED) is 0.473. The minimum atomic E-state index is -0.943. The van der Waals surface area contributed by atoms with E-state index in [0.29, 0.717) is 16.9 Å². The second-order valence-corrected chi connectivity index (χ2v) is 8.15. The number of benzene rings is 2. The fourth-order valence-electron chi connectivity index (χ4n) is 3.53. The van der Waals surface area contributed by atoms with Crippen molar-refractivity contribution in [3.8, 4) is 17.0 Å². The number of rotatable bonds is 6. The molecule has 4 rings (SSSR count). The van der Waals surface area contributed by atoms with Gasteiger partial charge in [-0.2, -0.15) is 5.10 Å². The fourth-order valence-corrected chi connectivity index (χ4v) is 3.53. The Labute approximate surface area is 181 Å². The number of aryl methyl sites for hydroxylation is 1. The second kappa shape index (κ2) is 7.96. The summed E-state index contributed by atoms with van der Waals surface area (Å²) in [6.07, 6.45) is 0.172. The molecule has 2 heterocycles. The van der Waals surface area contributed by atoms with Gasteiger partial charge in [0, 0.05) is 17.2 Å². The summed E-state index contributed by atoms with van der Waals surface area (Å²) < 4.78 is 7.05. The van der Waals surface area contributed by atoms with Gasteiger partial charge in [-0.1, -0.05) is 24.3 Å². The molecule has 0 atom stereocenters. The number of hydrogen-bond acceptors (Lipinski definition) is 5. The van der Waals surface area contributed by atoms with Gasteiger partial charge < -0.3 is 9.84 Å². The van der Waals surface area contributed by atoms with Crippen molar-refractivity contribution in [2.45, 2.75) is 32.8 Å². The normalized spacial score (nSPS) is 11.6. The molecule has 0 spiro atoms. The molecule has 0 aliphatic heterocycles. The third kappa shape index (κ3) is 4.34. The van der Waals surface area contributed by atoms with Gasteiger partial charge in [0.25, 0.3) is 0 Å². The van der Waals surface area contributed by atoms with Gasteiger partial charge in [0.1, 0.15) is 5.75 Å². The Bertz CT molecular complexity index is 1230. The van der Waals surface area contributed by atoms with Crippen molar-refractivity contribution in [1.29, 1.82) is 0 Å². The lowest BCUT2D eigenvalue weighted by Crippen LogP contribution is -2.15. The molecule has 158 valence electrons. The van der Waals surface area contributed by atoms with E-state index in [2.05, 4.69) is 10.1 Å². The molecule has 6 heteroatoms. The number of carbonyl (C=O) groups is 1. The summed E-state index contributed by atoms with van der Waals surface area (Å²) in [4.78, 5) is 17.6. The third-order valence-corrected chi connectivity index (χ3v) is 5.24. The van der Waals surface area contributed by atoms with E-state index in [4.69, 9.17) is 4.74 Å². The van der Waals surface area contributed by atoms with E-state index in [-0.39, 0.29) is 12.2 Å². The maximum Gasteiger partial charge on any atom is 0.168 e. The third-order valence-electron chi connectivity index (χ3n) is 5.24. The van der Waals surface area contributed by atoms with Crippen molar-refractivity contribution in [3.63, 3.8) is 0 Å². The molecule has 0 fully saturated rings. The van der Waals surface area contributed by atoms with Crippen LogP contribution in [0.5, 0.6) is 5.75 Å². The molecule has 0 aliphatic rings. The van der Waals surface area contributed by atoms with Gasteiger partial charge in [0.2, 0.25) is 0 Å². The molecule has 4 aromatic rings. The smallest absolute Gasteiger partial charge is 0.168 e. The number of hydrogen-bond donors (Lipinski definition) is 1. The van der Waals surface area contributed by atoms with E-state index in [1.54, 1.807) is 49.7 Å². The summed E-state index contributed by atoms with van der Waals surface area (Å²) in [5.41, 5.74) is 4.46. The van der Waals surface area contributed by atoms with Gasteiger partial charge in [0.15, 0.2) is 11.4 Å². The number of carbonyl (C=O) groups excluding carboxylic acids is 1. The highest BCUT2D eigenvalue weighted by Crippen LogP contribution is 2.25. The first-order chi connectivity index (χ1) is 14.7. The highest BCUT2D eigenvalue weighted by Gasteiger charge is 2.17. The maximum absolute atomic E-state index is 12.9. The van der Waals surface area contributed by atoms with Gasteiger partial charge in [0.05, 0.1) is 36.2 Å². The first-order valence-electron chi connectivity index (χ1n) is 10.1. The lowest BCUT2D eigenvalue weighted by atomic mass is 9.96. The van der Waals surface area contributed by atoms with E-state index in [9.17, 15) is 9.90 Å². The van der Waals surface area contributed by atoms with Crippen molar-refractivity contribution in [2.75, 3.05) is 7.11 Å². The lowest BCUT2D eigenvalue weighted by molar-refractivity contribution is 0.0784. The van der Waals surface area contributed by atoms with E-state index < -0.39 is 5.60 Å². The lowest BCUT2D eigenvalue weighted by Gasteiger charge is -2.17. The predicted molar refractivity (Wildman–Crippen MR) is 119 cm³/mol. The van der Waals surface area contributed by atoms with Crippen LogP contribution in [0.25, 0.3) is 16.9 Å². The zero-order chi connectivity index (χ0) is 22.2. The summed E-state index contributed by atoms with van der Waals surface area (Å²) in [6, 6.07) is 18.6. The molecular weight excluding hydrogens is 390 g/mol. The van der Waals surface area contributed by atoms with E-state index in [1.807, 2.05) is 43.3 Å². The number of methoxy groups -OCH3 is 1. The summed E-state index contributed by atoms with van der Waals surface area (Å²) in [5.74, 6) is 0.742. The molecule has 0 aliphatic carbocycles. The Kier molecular flexibility index (Phi) is 5.33. The largest absolute Gasteiger partial charge is 0.497 e. The summed E-state index contributed by atoms with van der Waals surface area (Å²) >= 11 is 0. The molecule has 2 aromatic carbocycles. The SMILES string of the molecule is COc1ccc(-c2cc(CC(=O)c3ccc(C(C)(C)O)cc3)nc3cc(C)nn23)cc1. The summed E-state index contributed by atoms with van der Waals surface area (Å²) in [7, 11) is 1.63. The van der Waals surface area contributed by atoms with Crippen LogP contribution in [-0.2, 0) is 12.0 Å². The Morgan fingerprint density at radius 1 is 1.06 bits per heavy atom. The van der Waals surface area contributed by atoms with Crippen LogP contribution in [0, 0.1) is 6.92 Å². The van der Waals surface area contributed by atoms with Crippen molar-refractivity contribution < 1.29 is 14.6 Å². The second-order valence-electron chi connectivity index (χ2n) is 8.15. The molecule has 0 saturated heterocycles. The summed E-state index contributed by atoms with van der Waals surface area (Å²) in [5, 5.41) is 14.7. The number of ether oxygens (including phenoxy) is 1. The Balaban J connectivity index is 1.68. The van der Waals surface area contributed by atoms with Gasteiger partial charge in [-0.25, -0.2) is 9.50 Å². The van der Waals surface area contributed by atoms with Crippen molar-refractivity contribution in [2.24, 2.45) is 0 Å². The zero-order valence-electron chi connectivity index (χ0n) is 18.1. The van der Waals surface area contributed by atoms with Crippen LogP contribution >= 0.6 is 0 Å². The molecule has 0 radical (unpaired) electrons. The van der Waals surface area contributed by atoms with Crippen molar-refractivity contribution >= 4 is 11.4 Å². The molecule has 31 heavy (non-hydrogen) atoms. The van der Waals surface area contributed by atoms with Gasteiger partial charge in [-0.15, -0.1) is 0 Å². The Hall–Kier alpha value is -3.51. The van der Waals surface area contributed by atoms with Crippen LogP contribution in [0.3, 0.4) is 0 Å². The average Bonchev–Trinajstić information content (AvgIpc) is 3.12. The number of Topliss-reactive ketones (excluding diaryl/α,β-unsaturated/α-hetero) is 1. The monoisotopic (exact) mass is 415 g/mol. The number of nitrogens with zero attached hydrogens (tertiary/aromatic N) is 3. The molecular formula is C25H25N3O3. The standard InChI is InChI=1S/C25H25N3O3/c1-16-13-24-26-20(15-23(29)18-5-9-19(10-6-18)25(2,3)30)14-22(28(24)27-16)17-7-11-21(31-4)12-8-17/h5-14,30H,15H2,1-4H3. The summed E-state index contributed by atoms with van der Waals surface area (Å²) in [6.45, 7) is 5.36. The number of ketones is 1. The number of aliphatic hydroxyl groups is 1. The average molecular weight is 415 g/mol. The Morgan fingerprint density at radius 3 is 2.35 bits per heavy atom. The fraction of sp³-hybridized carbons (Fsp3) is 0.240. The predicted octanol–water partition coefficient (Wildman–Crippen LogP) is 4.37. The number of fused-ring (bicyclic) bond motifs is 1.